The van der Waals surface area contributed by atoms with E-state index in [0.29, 0.717) is 22.2 Å². The van der Waals surface area contributed by atoms with Gasteiger partial charge in [-0.2, -0.15) is 5.26 Å². The van der Waals surface area contributed by atoms with Gasteiger partial charge >= 0.3 is 5.97 Å². The van der Waals surface area contributed by atoms with Gasteiger partial charge in [0.15, 0.2) is 5.43 Å². The monoisotopic (exact) mass is 510 g/mol. The first-order valence-corrected chi connectivity index (χ1v) is 11.5. The molecule has 1 heterocycles. The number of aromatic carboxylic acids is 1. The number of benzene rings is 3. The SMILES string of the molecule is Cc1cc(C(C)Nc2ccccc2C(=O)O)c2oc(/C(C=Nc3ccc(C#N)c(F)c3)=C/N)cc(=O)c2c1. The quantitative estimate of drug-likeness (QED) is 0.271. The molecule has 8 nitrogen and oxygen atoms in total. The Kier molecular flexibility index (Phi) is 7.35. The molecule has 4 N–H and O–H groups in total. The molecular weight excluding hydrogens is 487 g/mol. The van der Waals surface area contributed by atoms with Crippen molar-refractivity contribution in [1.29, 1.82) is 5.26 Å². The lowest BCUT2D eigenvalue weighted by Gasteiger charge is -2.19. The van der Waals surface area contributed by atoms with E-state index in [0.717, 1.165) is 11.6 Å². The normalized spacial score (nSPS) is 12.4. The van der Waals surface area contributed by atoms with E-state index in [-0.39, 0.29) is 33.6 Å². The van der Waals surface area contributed by atoms with Gasteiger partial charge in [-0.05, 0) is 49.7 Å². The Hall–Kier alpha value is -5.23. The number of aliphatic imine (C=N–C) groups is 1. The molecule has 4 aromatic rings. The fourth-order valence-electron chi connectivity index (χ4n) is 4.01. The molecule has 1 unspecified atom stereocenters. The van der Waals surface area contributed by atoms with E-state index in [4.69, 9.17) is 15.4 Å². The summed E-state index contributed by atoms with van der Waals surface area (Å²) in [6, 6.07) is 16.6. The summed E-state index contributed by atoms with van der Waals surface area (Å²) in [5, 5.41) is 22.0. The first kappa shape index (κ1) is 25.9. The van der Waals surface area contributed by atoms with Gasteiger partial charge in [0.25, 0.3) is 0 Å². The summed E-state index contributed by atoms with van der Waals surface area (Å²) < 4.78 is 20.1. The third-order valence-corrected chi connectivity index (χ3v) is 5.89. The Morgan fingerprint density at radius 3 is 2.66 bits per heavy atom. The predicted octanol–water partition coefficient (Wildman–Crippen LogP) is 5.69. The number of nitrogens with two attached hydrogens (primary N) is 1. The second-order valence-electron chi connectivity index (χ2n) is 8.58. The fraction of sp³-hybridized carbons (Fsp3) is 0.103. The van der Waals surface area contributed by atoms with Crippen molar-refractivity contribution in [2.75, 3.05) is 5.32 Å². The molecule has 0 amide bonds. The van der Waals surface area contributed by atoms with Crippen LogP contribution >= 0.6 is 0 Å². The molecule has 3 aromatic carbocycles. The summed E-state index contributed by atoms with van der Waals surface area (Å²) in [5.74, 6) is -1.63. The molecular formula is C29H23FN4O4. The van der Waals surface area contributed by atoms with Crippen molar-refractivity contribution in [3.63, 3.8) is 0 Å². The number of carbonyl (C=O) groups is 1. The third kappa shape index (κ3) is 5.29. The van der Waals surface area contributed by atoms with Gasteiger partial charge in [0.2, 0.25) is 0 Å². The largest absolute Gasteiger partial charge is 0.478 e. The van der Waals surface area contributed by atoms with Crippen LogP contribution in [0.15, 0.2) is 81.1 Å². The van der Waals surface area contributed by atoms with Crippen LogP contribution in [0.5, 0.6) is 0 Å². The molecule has 0 fully saturated rings. The molecule has 0 aliphatic carbocycles. The molecule has 0 aliphatic heterocycles. The van der Waals surface area contributed by atoms with Gasteiger partial charge in [-0.15, -0.1) is 0 Å². The molecule has 0 radical (unpaired) electrons. The van der Waals surface area contributed by atoms with Crippen LogP contribution in [0.2, 0.25) is 0 Å². The van der Waals surface area contributed by atoms with E-state index in [2.05, 4.69) is 10.3 Å². The Balaban J connectivity index is 1.76. The number of anilines is 1. The van der Waals surface area contributed by atoms with Crippen LogP contribution in [0.1, 0.15) is 45.8 Å². The number of carboxylic acid groups (broad SMARTS) is 1. The number of hydrogen-bond donors (Lipinski definition) is 3. The van der Waals surface area contributed by atoms with Crippen molar-refractivity contribution >= 4 is 40.1 Å². The smallest absolute Gasteiger partial charge is 0.337 e. The van der Waals surface area contributed by atoms with Crippen molar-refractivity contribution in [3.8, 4) is 6.07 Å². The number of aryl methyl sites for hydroxylation is 1. The van der Waals surface area contributed by atoms with Gasteiger partial charge in [0.1, 0.15) is 23.2 Å². The zero-order valence-corrected chi connectivity index (χ0v) is 20.5. The molecule has 0 saturated carbocycles. The number of nitrogens with zero attached hydrogens (tertiary/aromatic N) is 2. The summed E-state index contributed by atoms with van der Waals surface area (Å²) in [4.78, 5) is 28.9. The van der Waals surface area contributed by atoms with Gasteiger partial charge in [-0.1, -0.05) is 18.2 Å². The van der Waals surface area contributed by atoms with E-state index in [1.54, 1.807) is 30.3 Å². The van der Waals surface area contributed by atoms with Crippen LogP contribution in [0, 0.1) is 24.1 Å². The van der Waals surface area contributed by atoms with Crippen LogP contribution in [0.3, 0.4) is 0 Å². The summed E-state index contributed by atoms with van der Waals surface area (Å²) in [5.41, 5.74) is 8.23. The zero-order chi connectivity index (χ0) is 27.4. The van der Waals surface area contributed by atoms with Crippen LogP contribution < -0.4 is 16.5 Å². The zero-order valence-electron chi connectivity index (χ0n) is 20.5. The number of rotatable bonds is 7. The average molecular weight is 511 g/mol. The molecule has 0 spiro atoms. The topological polar surface area (TPSA) is 142 Å². The van der Waals surface area contributed by atoms with Crippen molar-refractivity contribution in [2.24, 2.45) is 10.7 Å². The summed E-state index contributed by atoms with van der Waals surface area (Å²) >= 11 is 0. The second-order valence-corrected chi connectivity index (χ2v) is 8.58. The Morgan fingerprint density at radius 2 is 1.97 bits per heavy atom. The van der Waals surface area contributed by atoms with Gasteiger partial charge in [-0.25, -0.2) is 9.18 Å². The highest BCUT2D eigenvalue weighted by atomic mass is 19.1. The molecule has 4 rings (SSSR count). The minimum atomic E-state index is -1.07. The average Bonchev–Trinajstić information content (AvgIpc) is 2.89. The summed E-state index contributed by atoms with van der Waals surface area (Å²) in [6.07, 6.45) is 2.55. The van der Waals surface area contributed by atoms with Gasteiger partial charge in [0, 0.05) is 35.8 Å². The lowest BCUT2D eigenvalue weighted by atomic mass is 10.00. The maximum Gasteiger partial charge on any atom is 0.337 e. The Morgan fingerprint density at radius 1 is 1.21 bits per heavy atom. The van der Waals surface area contributed by atoms with Gasteiger partial charge in [0.05, 0.1) is 33.8 Å². The minimum Gasteiger partial charge on any atom is -0.478 e. The van der Waals surface area contributed by atoms with E-state index >= 15 is 0 Å². The molecule has 0 saturated heterocycles. The highest BCUT2D eigenvalue weighted by molar-refractivity contribution is 6.09. The molecule has 38 heavy (non-hydrogen) atoms. The summed E-state index contributed by atoms with van der Waals surface area (Å²) in [7, 11) is 0. The fourth-order valence-corrected chi connectivity index (χ4v) is 4.01. The van der Waals surface area contributed by atoms with Crippen molar-refractivity contribution < 1.29 is 18.7 Å². The van der Waals surface area contributed by atoms with E-state index in [1.165, 1.54) is 36.7 Å². The summed E-state index contributed by atoms with van der Waals surface area (Å²) in [6.45, 7) is 3.68. The number of carboxylic acids is 1. The molecule has 190 valence electrons. The first-order chi connectivity index (χ1) is 18.2. The van der Waals surface area contributed by atoms with Crippen molar-refractivity contribution in [1.82, 2.24) is 0 Å². The number of halogens is 1. The van der Waals surface area contributed by atoms with E-state index < -0.39 is 17.8 Å². The number of para-hydroxylation sites is 1. The highest BCUT2D eigenvalue weighted by Crippen LogP contribution is 2.30. The van der Waals surface area contributed by atoms with Crippen LogP contribution in [0.4, 0.5) is 15.8 Å². The lowest BCUT2D eigenvalue weighted by Crippen LogP contribution is -2.13. The minimum absolute atomic E-state index is 0.101. The molecule has 1 aromatic heterocycles. The molecule has 1 atom stereocenters. The number of nitrogens with one attached hydrogen (secondary N) is 1. The predicted molar refractivity (Wildman–Crippen MR) is 144 cm³/mol. The maximum atomic E-state index is 14.0. The van der Waals surface area contributed by atoms with E-state index in [1.807, 2.05) is 19.9 Å². The standard InChI is InChI=1S/C29H23FN4O4/c1-16-9-22(17(2)34-25-6-4-3-5-21(25)29(36)37)28-23(10-16)26(35)12-27(38-28)19(14-32)15-33-20-8-7-18(13-31)24(30)11-20/h3-12,14-15,17,34H,32H2,1-2H3,(H,36,37)/b19-14+,33-15?. The number of nitriles is 1. The highest BCUT2D eigenvalue weighted by Gasteiger charge is 2.18. The lowest BCUT2D eigenvalue weighted by molar-refractivity contribution is 0.0698. The molecule has 9 heteroatoms. The Labute approximate surface area is 217 Å². The maximum absolute atomic E-state index is 14.0. The van der Waals surface area contributed by atoms with Crippen LogP contribution in [-0.2, 0) is 0 Å². The van der Waals surface area contributed by atoms with Gasteiger partial charge < -0.3 is 20.6 Å². The number of fused-ring (bicyclic) bond motifs is 1. The van der Waals surface area contributed by atoms with Crippen molar-refractivity contribution in [3.05, 3.63) is 111 Å². The van der Waals surface area contributed by atoms with Crippen LogP contribution in [0.25, 0.3) is 16.5 Å². The third-order valence-electron chi connectivity index (χ3n) is 5.89. The first-order valence-electron chi connectivity index (χ1n) is 11.5. The van der Waals surface area contributed by atoms with Gasteiger partial charge in [-0.3, -0.25) is 9.79 Å². The van der Waals surface area contributed by atoms with Crippen LogP contribution in [-0.4, -0.2) is 17.3 Å². The number of allylic oxidation sites excluding steroid dienone is 1. The Bertz CT molecular complexity index is 1720. The molecule has 0 bridgehead atoms. The molecule has 0 aliphatic rings. The number of hydrogen-bond acceptors (Lipinski definition) is 7. The van der Waals surface area contributed by atoms with Crippen molar-refractivity contribution in [2.45, 2.75) is 19.9 Å². The second kappa shape index (κ2) is 10.8. The van der Waals surface area contributed by atoms with E-state index in [9.17, 15) is 19.1 Å².